The number of hydrogen-bond donors (Lipinski definition) is 3. The summed E-state index contributed by atoms with van der Waals surface area (Å²) in [7, 11) is -2.17. The molecule has 0 aromatic carbocycles. The fourth-order valence-corrected chi connectivity index (χ4v) is 0. The average Bonchev–Trinajstić information content (AvgIpc) is 1.41. The Morgan fingerprint density at radius 3 is 1.17 bits per heavy atom. The van der Waals surface area contributed by atoms with Crippen molar-refractivity contribution in [2.45, 2.75) is 0 Å². The zero-order chi connectivity index (χ0) is 5.58. The van der Waals surface area contributed by atoms with E-state index >= 15 is 0 Å². The molecule has 0 aromatic rings. The van der Waals surface area contributed by atoms with E-state index in [1.165, 1.54) is 0 Å². The molecular weight excluding hydrogens is 193 g/mol. The van der Waals surface area contributed by atoms with Gasteiger partial charge in [-0.2, -0.15) is 0 Å². The quantitative estimate of drug-likeness (QED) is 0.324. The van der Waals surface area contributed by atoms with Crippen molar-refractivity contribution in [3.05, 3.63) is 0 Å². The molecule has 0 heterocycles. The fourth-order valence-electron chi connectivity index (χ4n) is 0. The third-order valence-electron chi connectivity index (χ3n) is 0. The molecule has 0 aliphatic rings. The van der Waals surface area contributed by atoms with Gasteiger partial charge in [-0.15, -0.1) is 0 Å². The van der Waals surface area contributed by atoms with E-state index < -0.39 is 7.32 Å². The topological polar surface area (TPSA) is 60.7 Å². The first kappa shape index (κ1) is 10.3. The Morgan fingerprint density at radius 1 is 1.17 bits per heavy atom. The van der Waals surface area contributed by atoms with E-state index in [1.54, 1.807) is 0 Å². The normalized spacial score (nSPS) is 5.67. The second kappa shape index (κ2) is 9.55. The molecule has 0 aliphatic carbocycles. The van der Waals surface area contributed by atoms with Crippen LogP contribution in [-0.2, 0) is 0 Å². The van der Waals surface area contributed by atoms with Crippen molar-refractivity contribution in [2.24, 2.45) is 0 Å². The second-order valence-corrected chi connectivity index (χ2v) is 0.346. The maximum atomic E-state index is 7.17. The summed E-state index contributed by atoms with van der Waals surface area (Å²) in [6.07, 6.45) is 0. The van der Waals surface area contributed by atoms with Gasteiger partial charge >= 0.3 is 41.5 Å². The van der Waals surface area contributed by atoms with Gasteiger partial charge in [-0.1, -0.05) is 0 Å². The first-order valence-electron chi connectivity index (χ1n) is 1.15. The first-order valence-corrected chi connectivity index (χ1v) is 3.31. The first-order chi connectivity index (χ1) is 2.73. The molecule has 3 nitrogen and oxygen atoms in total. The van der Waals surface area contributed by atoms with E-state index in [1.807, 2.05) is 14.3 Å². The van der Waals surface area contributed by atoms with Crippen LogP contribution in [0.4, 0.5) is 0 Å². The molecule has 6 heavy (non-hydrogen) atoms. The molecule has 6 heteroatoms. The maximum absolute atomic E-state index is 7.17. The Balaban J connectivity index is 0. The van der Waals surface area contributed by atoms with Crippen molar-refractivity contribution in [3.8, 4) is 0 Å². The van der Waals surface area contributed by atoms with Gasteiger partial charge < -0.3 is 15.1 Å². The summed E-state index contributed by atoms with van der Waals surface area (Å²) in [5.41, 5.74) is 0. The third-order valence-corrected chi connectivity index (χ3v) is 0. The van der Waals surface area contributed by atoms with Crippen molar-refractivity contribution in [2.75, 3.05) is 0 Å². The van der Waals surface area contributed by atoms with Crippen molar-refractivity contribution in [1.82, 2.24) is 0 Å². The summed E-state index contributed by atoms with van der Waals surface area (Å²) in [5, 5.41) is 21.5. The minimum absolute atomic E-state index is 1.97. The molecule has 0 fully saturated rings. The molecule has 0 saturated carbocycles. The van der Waals surface area contributed by atoms with Gasteiger partial charge in [0.1, 0.15) is 0 Å². The van der Waals surface area contributed by atoms with Gasteiger partial charge in [0.15, 0.2) is 0 Å². The van der Waals surface area contributed by atoms with Gasteiger partial charge in [0.05, 0.1) is 0 Å². The van der Waals surface area contributed by atoms with Crippen molar-refractivity contribution in [1.29, 1.82) is 0 Å². The van der Waals surface area contributed by atoms with Crippen LogP contribution in [0.1, 0.15) is 0 Å². The molecule has 0 bridgehead atoms. The zero-order valence-electron chi connectivity index (χ0n) is 3.30. The molecule has 0 spiro atoms. The standard InChI is InChI=1S/BH3O3.HI.Li/c2-1(3)4;;/h2-4H;1H;/q;;+1/p-1. The fraction of sp³-hybridized carbons (Fsp3) is 0. The van der Waals surface area contributed by atoms with Gasteiger partial charge in [-0.3, -0.25) is 0 Å². The summed E-state index contributed by atoms with van der Waals surface area (Å²) in [6, 6.07) is 0. The van der Waals surface area contributed by atoms with Gasteiger partial charge in [0, 0.05) is 0 Å². The summed E-state index contributed by atoms with van der Waals surface area (Å²) >= 11 is 4.12. The molecule has 3 N–H and O–H groups in total. The van der Waals surface area contributed by atoms with Crippen LogP contribution in [0.5, 0.6) is 0 Å². The molecule has 0 amide bonds. The van der Waals surface area contributed by atoms with Crippen LogP contribution in [0.2, 0.25) is 0 Å². The summed E-state index contributed by atoms with van der Waals surface area (Å²) in [5.74, 6) is 0. The van der Waals surface area contributed by atoms with Crippen LogP contribution < -0.4 is 0 Å². The Hall–Kier alpha value is 1.27. The Morgan fingerprint density at radius 2 is 1.17 bits per heavy atom. The van der Waals surface area contributed by atoms with Crippen LogP contribution in [-0.4, -0.2) is 36.7 Å². The van der Waals surface area contributed by atoms with Gasteiger partial charge in [-0.25, -0.2) is 0 Å². The molecule has 0 aliphatic heterocycles. The third kappa shape index (κ3) is 59.4. The number of rotatable bonds is 0. The van der Waals surface area contributed by atoms with Crippen LogP contribution in [0.3, 0.4) is 0 Å². The van der Waals surface area contributed by atoms with Crippen molar-refractivity contribution >= 4 is 41.5 Å². The molecular formula is H3BILiO3. The SMILES string of the molecule is OB(O)O.[Li][I]. The van der Waals surface area contributed by atoms with E-state index in [2.05, 4.69) is 19.9 Å². The predicted octanol–water partition coefficient (Wildman–Crippen LogP) is -1.55. The van der Waals surface area contributed by atoms with E-state index in [-0.39, 0.29) is 0 Å². The summed E-state index contributed by atoms with van der Waals surface area (Å²) < 4.78 is 0. The van der Waals surface area contributed by atoms with Gasteiger partial charge in [-0.05, 0) is 0 Å². The molecule has 0 saturated heterocycles. The summed E-state index contributed by atoms with van der Waals surface area (Å²) in [4.78, 5) is 0. The summed E-state index contributed by atoms with van der Waals surface area (Å²) in [6.45, 7) is 0. The van der Waals surface area contributed by atoms with Crippen LogP contribution in [0.15, 0.2) is 0 Å². The molecule has 0 atom stereocenters. The Kier molecular flexibility index (Phi) is 16.4. The second-order valence-electron chi connectivity index (χ2n) is 0.346. The van der Waals surface area contributed by atoms with Gasteiger partial charge in [0.25, 0.3) is 0 Å². The molecule has 32 valence electrons. The monoisotopic (exact) mass is 196 g/mol. The zero-order valence-corrected chi connectivity index (χ0v) is 5.45. The van der Waals surface area contributed by atoms with Crippen LogP contribution in [0, 0.1) is 0 Å². The van der Waals surface area contributed by atoms with Crippen LogP contribution >= 0.6 is 19.9 Å². The number of halogens is 1. The van der Waals surface area contributed by atoms with Crippen molar-refractivity contribution < 1.29 is 15.1 Å². The van der Waals surface area contributed by atoms with E-state index in [0.717, 1.165) is 0 Å². The minimum atomic E-state index is -2.17. The Labute approximate surface area is 56.5 Å². The van der Waals surface area contributed by atoms with E-state index in [4.69, 9.17) is 15.1 Å². The average molecular weight is 196 g/mol. The molecule has 0 rings (SSSR count). The van der Waals surface area contributed by atoms with Crippen LogP contribution in [0.25, 0.3) is 0 Å². The molecule has 0 aromatic heterocycles. The number of hydrogen-bond acceptors (Lipinski definition) is 3. The van der Waals surface area contributed by atoms with E-state index in [9.17, 15) is 0 Å². The molecule has 0 radical (unpaired) electrons. The Bertz CT molecular complexity index is 15.5. The van der Waals surface area contributed by atoms with Gasteiger partial charge in [0.2, 0.25) is 0 Å². The molecule has 0 unspecified atom stereocenters. The van der Waals surface area contributed by atoms with Crippen molar-refractivity contribution in [3.63, 3.8) is 0 Å². The predicted molar refractivity (Wildman–Crippen MR) is 32.2 cm³/mol. The van der Waals surface area contributed by atoms with E-state index in [0.29, 0.717) is 0 Å².